The highest BCUT2D eigenvalue weighted by Gasteiger charge is 2.31. The van der Waals surface area contributed by atoms with Crippen LogP contribution in [0.5, 0.6) is 5.75 Å². The van der Waals surface area contributed by atoms with Crippen molar-refractivity contribution in [1.29, 1.82) is 0 Å². The zero-order chi connectivity index (χ0) is 14.7. The monoisotopic (exact) mass is 296 g/mol. The Hall–Kier alpha value is -1.26. The number of nitrogens with two attached hydrogens (primary N) is 1. The lowest BCUT2D eigenvalue weighted by atomic mass is 10.0. The van der Waals surface area contributed by atoms with Crippen molar-refractivity contribution in [3.8, 4) is 5.75 Å². The topological polar surface area (TPSA) is 55.6 Å². The molecular weight excluding hydrogens is 276 g/mol. The lowest BCUT2D eigenvalue weighted by Crippen LogP contribution is -2.30. The fraction of sp³-hybridized carbons (Fsp3) is 0.533. The van der Waals surface area contributed by atoms with E-state index >= 15 is 0 Å². The van der Waals surface area contributed by atoms with Gasteiger partial charge in [0.15, 0.2) is 6.10 Å². The zero-order valence-corrected chi connectivity index (χ0v) is 12.7. The summed E-state index contributed by atoms with van der Waals surface area (Å²) in [5.41, 5.74) is 6.97. The summed E-state index contributed by atoms with van der Waals surface area (Å²) in [7, 11) is 1.79. The van der Waals surface area contributed by atoms with Crippen molar-refractivity contribution < 1.29 is 9.53 Å². The third kappa shape index (κ3) is 3.44. The number of halogens is 1. The Morgan fingerprint density at radius 1 is 1.55 bits per heavy atom. The van der Waals surface area contributed by atoms with Gasteiger partial charge in [0.05, 0.1) is 0 Å². The van der Waals surface area contributed by atoms with Crippen molar-refractivity contribution in [2.24, 2.45) is 5.73 Å². The minimum atomic E-state index is -0.391. The average molecular weight is 297 g/mol. The van der Waals surface area contributed by atoms with Crippen LogP contribution in [0.3, 0.4) is 0 Å². The summed E-state index contributed by atoms with van der Waals surface area (Å²) < 4.78 is 5.88. The molecule has 20 heavy (non-hydrogen) atoms. The van der Waals surface area contributed by atoms with Crippen LogP contribution in [-0.2, 0) is 11.2 Å². The lowest BCUT2D eigenvalue weighted by Gasteiger charge is -2.18. The standard InChI is InChI=1S/C15H21ClN2O2/c1-3-12(17)9-10-8-11(16)4-5-13(10)20-14-6-7-18(2)15(14)19/h4-5,8,12,14H,3,6-7,9,17H2,1-2H3. The Kier molecular flexibility index (Phi) is 4.89. The van der Waals surface area contributed by atoms with E-state index in [1.54, 1.807) is 18.0 Å². The van der Waals surface area contributed by atoms with E-state index in [1.165, 1.54) is 0 Å². The molecule has 0 saturated carbocycles. The van der Waals surface area contributed by atoms with E-state index in [2.05, 4.69) is 0 Å². The number of hydrogen-bond acceptors (Lipinski definition) is 3. The van der Waals surface area contributed by atoms with Gasteiger partial charge in [0.1, 0.15) is 5.75 Å². The Balaban J connectivity index is 2.16. The smallest absolute Gasteiger partial charge is 0.263 e. The molecule has 1 amide bonds. The molecule has 1 heterocycles. The Bertz CT molecular complexity index is 493. The Labute approximate surface area is 124 Å². The number of ether oxygens (including phenoxy) is 1. The molecule has 4 nitrogen and oxygen atoms in total. The molecule has 2 atom stereocenters. The molecule has 1 aromatic carbocycles. The highest BCUT2D eigenvalue weighted by molar-refractivity contribution is 6.30. The summed E-state index contributed by atoms with van der Waals surface area (Å²) >= 11 is 6.04. The number of likely N-dealkylation sites (N-methyl/N-ethyl adjacent to an activating group) is 1. The first-order chi connectivity index (χ1) is 9.51. The van der Waals surface area contributed by atoms with Gasteiger partial charge in [-0.25, -0.2) is 0 Å². The maximum atomic E-state index is 11.9. The number of benzene rings is 1. The molecule has 0 aliphatic carbocycles. The second-order valence-electron chi connectivity index (χ2n) is 5.28. The van der Waals surface area contributed by atoms with Crippen molar-refractivity contribution in [3.63, 3.8) is 0 Å². The maximum absolute atomic E-state index is 11.9. The van der Waals surface area contributed by atoms with Crippen molar-refractivity contribution in [1.82, 2.24) is 4.90 Å². The molecule has 1 saturated heterocycles. The largest absolute Gasteiger partial charge is 0.480 e. The normalized spacial score (nSPS) is 20.3. The number of rotatable bonds is 5. The molecule has 0 bridgehead atoms. The number of hydrogen-bond donors (Lipinski definition) is 1. The summed E-state index contributed by atoms with van der Waals surface area (Å²) in [6.45, 7) is 2.78. The molecule has 5 heteroatoms. The number of carbonyl (C=O) groups excluding carboxylic acids is 1. The van der Waals surface area contributed by atoms with Crippen LogP contribution in [0.2, 0.25) is 5.02 Å². The summed E-state index contributed by atoms with van der Waals surface area (Å²) in [5, 5.41) is 0.658. The van der Waals surface area contributed by atoms with Gasteiger partial charge in [-0.1, -0.05) is 18.5 Å². The number of amides is 1. The fourth-order valence-electron chi connectivity index (χ4n) is 2.30. The van der Waals surface area contributed by atoms with Gasteiger partial charge >= 0.3 is 0 Å². The Morgan fingerprint density at radius 2 is 2.30 bits per heavy atom. The van der Waals surface area contributed by atoms with Crippen molar-refractivity contribution >= 4 is 17.5 Å². The van der Waals surface area contributed by atoms with Crippen LogP contribution in [0.1, 0.15) is 25.3 Å². The van der Waals surface area contributed by atoms with Crippen LogP contribution >= 0.6 is 11.6 Å². The first-order valence-electron chi connectivity index (χ1n) is 6.97. The lowest BCUT2D eigenvalue weighted by molar-refractivity contribution is -0.132. The van der Waals surface area contributed by atoms with E-state index in [0.29, 0.717) is 17.2 Å². The molecule has 0 radical (unpaired) electrons. The molecule has 1 aliphatic heterocycles. The minimum absolute atomic E-state index is 0.0330. The summed E-state index contributed by atoms with van der Waals surface area (Å²) in [6.07, 6.45) is 1.91. The summed E-state index contributed by atoms with van der Waals surface area (Å²) in [5.74, 6) is 0.748. The van der Waals surface area contributed by atoms with Crippen molar-refractivity contribution in [2.75, 3.05) is 13.6 Å². The van der Waals surface area contributed by atoms with Gasteiger partial charge < -0.3 is 15.4 Å². The van der Waals surface area contributed by atoms with Gasteiger partial charge in [0, 0.05) is 31.1 Å². The predicted molar refractivity (Wildman–Crippen MR) is 80.1 cm³/mol. The van der Waals surface area contributed by atoms with E-state index in [0.717, 1.165) is 24.9 Å². The van der Waals surface area contributed by atoms with Crippen LogP contribution in [0.15, 0.2) is 18.2 Å². The highest BCUT2D eigenvalue weighted by atomic mass is 35.5. The average Bonchev–Trinajstić information content (AvgIpc) is 2.73. The summed E-state index contributed by atoms with van der Waals surface area (Å²) in [6, 6.07) is 5.54. The molecule has 0 spiro atoms. The molecule has 1 aliphatic rings. The molecule has 2 unspecified atom stereocenters. The first-order valence-corrected chi connectivity index (χ1v) is 7.34. The maximum Gasteiger partial charge on any atom is 0.263 e. The number of carbonyl (C=O) groups is 1. The van der Waals surface area contributed by atoms with E-state index in [-0.39, 0.29) is 11.9 Å². The predicted octanol–water partition coefficient (Wildman–Crippen LogP) is 2.23. The number of likely N-dealkylation sites (tertiary alicyclic amines) is 1. The fourth-order valence-corrected chi connectivity index (χ4v) is 2.50. The molecule has 1 aromatic rings. The third-order valence-corrected chi connectivity index (χ3v) is 3.91. The van der Waals surface area contributed by atoms with Gasteiger partial charge in [0.2, 0.25) is 0 Å². The van der Waals surface area contributed by atoms with Gasteiger partial charge in [-0.3, -0.25) is 4.79 Å². The van der Waals surface area contributed by atoms with E-state index in [9.17, 15) is 4.79 Å². The molecule has 0 aromatic heterocycles. The Morgan fingerprint density at radius 3 is 2.90 bits per heavy atom. The van der Waals surface area contributed by atoms with Crippen molar-refractivity contribution in [3.05, 3.63) is 28.8 Å². The first kappa shape index (κ1) is 15.1. The van der Waals surface area contributed by atoms with E-state index in [1.807, 2.05) is 19.1 Å². The second kappa shape index (κ2) is 6.46. The quantitative estimate of drug-likeness (QED) is 0.906. The van der Waals surface area contributed by atoms with Crippen LogP contribution in [-0.4, -0.2) is 36.5 Å². The van der Waals surface area contributed by atoms with E-state index in [4.69, 9.17) is 22.1 Å². The van der Waals surface area contributed by atoms with Crippen LogP contribution < -0.4 is 10.5 Å². The molecular formula is C15H21ClN2O2. The van der Waals surface area contributed by atoms with Crippen LogP contribution in [0.4, 0.5) is 0 Å². The van der Waals surface area contributed by atoms with Gasteiger partial charge in [0.25, 0.3) is 5.91 Å². The molecule has 2 N–H and O–H groups in total. The SMILES string of the molecule is CCC(N)Cc1cc(Cl)ccc1OC1CCN(C)C1=O. The zero-order valence-electron chi connectivity index (χ0n) is 11.9. The highest BCUT2D eigenvalue weighted by Crippen LogP contribution is 2.27. The minimum Gasteiger partial charge on any atom is -0.480 e. The van der Waals surface area contributed by atoms with Crippen LogP contribution in [0.25, 0.3) is 0 Å². The molecule has 1 fully saturated rings. The van der Waals surface area contributed by atoms with Gasteiger partial charge in [-0.15, -0.1) is 0 Å². The van der Waals surface area contributed by atoms with Crippen molar-refractivity contribution in [2.45, 2.75) is 38.3 Å². The second-order valence-corrected chi connectivity index (χ2v) is 5.72. The van der Waals surface area contributed by atoms with Crippen LogP contribution in [0, 0.1) is 0 Å². The summed E-state index contributed by atoms with van der Waals surface area (Å²) in [4.78, 5) is 13.6. The molecule has 110 valence electrons. The van der Waals surface area contributed by atoms with Gasteiger partial charge in [-0.2, -0.15) is 0 Å². The third-order valence-electron chi connectivity index (χ3n) is 3.68. The van der Waals surface area contributed by atoms with Gasteiger partial charge in [-0.05, 0) is 36.6 Å². The molecule has 2 rings (SSSR count). The number of nitrogens with zero attached hydrogens (tertiary/aromatic N) is 1. The van der Waals surface area contributed by atoms with E-state index < -0.39 is 6.10 Å².